The van der Waals surface area contributed by atoms with Crippen LogP contribution in [0.4, 0.5) is 17.1 Å². The molecule has 0 heterocycles. The SMILES string of the molecule is CC(=O)Nc1ccc(-c2ccc(O)c(N)c2)cc1N. The number of rotatable bonds is 2. The van der Waals surface area contributed by atoms with Gasteiger partial charge in [0.1, 0.15) is 5.75 Å². The van der Waals surface area contributed by atoms with Crippen molar-refractivity contribution in [3.05, 3.63) is 36.4 Å². The lowest BCUT2D eigenvalue weighted by Crippen LogP contribution is -2.07. The molecule has 0 spiro atoms. The summed E-state index contributed by atoms with van der Waals surface area (Å²) in [6.07, 6.45) is 0. The van der Waals surface area contributed by atoms with E-state index in [9.17, 15) is 9.90 Å². The zero-order chi connectivity index (χ0) is 14.0. The fourth-order valence-electron chi connectivity index (χ4n) is 1.78. The van der Waals surface area contributed by atoms with Gasteiger partial charge in [0.25, 0.3) is 0 Å². The minimum atomic E-state index is -0.173. The molecule has 0 aliphatic rings. The number of hydrogen-bond acceptors (Lipinski definition) is 4. The number of hydrogen-bond donors (Lipinski definition) is 4. The molecule has 0 fully saturated rings. The largest absolute Gasteiger partial charge is 0.506 e. The first-order chi connectivity index (χ1) is 8.97. The van der Waals surface area contributed by atoms with Crippen LogP contribution in [-0.4, -0.2) is 11.0 Å². The Hall–Kier alpha value is -2.69. The van der Waals surface area contributed by atoms with Gasteiger partial charge in [-0.3, -0.25) is 4.79 Å². The van der Waals surface area contributed by atoms with Gasteiger partial charge in [-0.1, -0.05) is 12.1 Å². The van der Waals surface area contributed by atoms with Crippen molar-refractivity contribution in [1.82, 2.24) is 0 Å². The summed E-state index contributed by atoms with van der Waals surface area (Å²) in [5.41, 5.74) is 14.6. The Bertz CT molecular complexity index is 639. The second-order valence-corrected chi connectivity index (χ2v) is 4.26. The Morgan fingerprint density at radius 3 is 2.16 bits per heavy atom. The van der Waals surface area contributed by atoms with Crippen molar-refractivity contribution >= 4 is 23.0 Å². The number of amides is 1. The number of carbonyl (C=O) groups excluding carboxylic acids is 1. The summed E-state index contributed by atoms with van der Waals surface area (Å²) in [4.78, 5) is 11.0. The van der Waals surface area contributed by atoms with Crippen LogP contribution in [0.5, 0.6) is 5.75 Å². The topological polar surface area (TPSA) is 101 Å². The Balaban J connectivity index is 2.38. The summed E-state index contributed by atoms with van der Waals surface area (Å²) in [5.74, 6) is -0.125. The van der Waals surface area contributed by atoms with Gasteiger partial charge in [-0.2, -0.15) is 0 Å². The van der Waals surface area contributed by atoms with E-state index in [1.165, 1.54) is 13.0 Å². The smallest absolute Gasteiger partial charge is 0.221 e. The molecule has 98 valence electrons. The van der Waals surface area contributed by atoms with E-state index in [1.807, 2.05) is 6.07 Å². The summed E-state index contributed by atoms with van der Waals surface area (Å²) in [6, 6.07) is 10.3. The first kappa shape index (κ1) is 12.8. The maximum atomic E-state index is 11.0. The van der Waals surface area contributed by atoms with Crippen LogP contribution in [0.25, 0.3) is 11.1 Å². The number of aromatic hydroxyl groups is 1. The normalized spacial score (nSPS) is 10.2. The Morgan fingerprint density at radius 2 is 1.63 bits per heavy atom. The third-order valence-corrected chi connectivity index (χ3v) is 2.72. The fraction of sp³-hybridized carbons (Fsp3) is 0.0714. The molecule has 0 aliphatic heterocycles. The highest BCUT2D eigenvalue weighted by Crippen LogP contribution is 2.30. The monoisotopic (exact) mass is 257 g/mol. The van der Waals surface area contributed by atoms with E-state index in [2.05, 4.69) is 5.32 Å². The summed E-state index contributed by atoms with van der Waals surface area (Å²) in [7, 11) is 0. The number of nitrogens with two attached hydrogens (primary N) is 2. The van der Waals surface area contributed by atoms with E-state index in [1.54, 1.807) is 24.3 Å². The molecule has 2 rings (SSSR count). The fourth-order valence-corrected chi connectivity index (χ4v) is 1.78. The average Bonchev–Trinajstić information content (AvgIpc) is 2.35. The summed E-state index contributed by atoms with van der Waals surface area (Å²) in [6.45, 7) is 1.42. The number of nitrogens with one attached hydrogen (secondary N) is 1. The van der Waals surface area contributed by atoms with E-state index in [4.69, 9.17) is 11.5 Å². The van der Waals surface area contributed by atoms with E-state index in [-0.39, 0.29) is 11.7 Å². The summed E-state index contributed by atoms with van der Waals surface area (Å²) in [5, 5.41) is 12.0. The second-order valence-electron chi connectivity index (χ2n) is 4.26. The van der Waals surface area contributed by atoms with E-state index in [0.717, 1.165) is 11.1 Å². The van der Waals surface area contributed by atoms with Crippen LogP contribution in [0.3, 0.4) is 0 Å². The van der Waals surface area contributed by atoms with Gasteiger partial charge in [0, 0.05) is 6.92 Å². The Labute approximate surface area is 110 Å². The highest BCUT2D eigenvalue weighted by molar-refractivity contribution is 5.93. The van der Waals surface area contributed by atoms with Crippen LogP contribution in [0.1, 0.15) is 6.92 Å². The molecule has 0 aliphatic carbocycles. The molecule has 0 saturated carbocycles. The molecule has 5 nitrogen and oxygen atoms in total. The van der Waals surface area contributed by atoms with E-state index in [0.29, 0.717) is 17.1 Å². The van der Waals surface area contributed by atoms with Crippen molar-refractivity contribution in [3.8, 4) is 16.9 Å². The number of phenolic OH excluding ortho intramolecular Hbond substituents is 1. The van der Waals surface area contributed by atoms with Gasteiger partial charge >= 0.3 is 0 Å². The molecule has 2 aromatic rings. The molecule has 0 aromatic heterocycles. The number of carbonyl (C=O) groups is 1. The predicted octanol–water partition coefficient (Wildman–Crippen LogP) is 2.18. The van der Waals surface area contributed by atoms with Crippen molar-refractivity contribution in [1.29, 1.82) is 0 Å². The molecular weight excluding hydrogens is 242 g/mol. The van der Waals surface area contributed by atoms with Gasteiger partial charge < -0.3 is 21.9 Å². The molecule has 0 bridgehead atoms. The molecule has 0 unspecified atom stereocenters. The lowest BCUT2D eigenvalue weighted by Gasteiger charge is -2.09. The molecule has 0 saturated heterocycles. The number of phenols is 1. The molecule has 1 amide bonds. The Morgan fingerprint density at radius 1 is 1.05 bits per heavy atom. The standard InChI is InChI=1S/C14H15N3O2/c1-8(18)17-13-4-2-9(6-11(13)15)10-3-5-14(19)12(16)7-10/h2-7,19H,15-16H2,1H3,(H,17,18). The zero-order valence-corrected chi connectivity index (χ0v) is 10.5. The van der Waals surface area contributed by atoms with Crippen molar-refractivity contribution < 1.29 is 9.90 Å². The van der Waals surface area contributed by atoms with Crippen LogP contribution in [0, 0.1) is 0 Å². The average molecular weight is 257 g/mol. The van der Waals surface area contributed by atoms with Gasteiger partial charge in [0.05, 0.1) is 17.1 Å². The third-order valence-electron chi connectivity index (χ3n) is 2.72. The van der Waals surface area contributed by atoms with Crippen LogP contribution >= 0.6 is 0 Å². The van der Waals surface area contributed by atoms with E-state index < -0.39 is 0 Å². The first-order valence-corrected chi connectivity index (χ1v) is 5.73. The lowest BCUT2D eigenvalue weighted by atomic mass is 10.0. The Kier molecular flexibility index (Phi) is 3.29. The molecule has 0 radical (unpaired) electrons. The molecular formula is C14H15N3O2. The minimum Gasteiger partial charge on any atom is -0.506 e. The highest BCUT2D eigenvalue weighted by Gasteiger charge is 2.06. The second kappa shape index (κ2) is 4.89. The zero-order valence-electron chi connectivity index (χ0n) is 10.5. The van der Waals surface area contributed by atoms with Crippen LogP contribution in [0.15, 0.2) is 36.4 Å². The van der Waals surface area contributed by atoms with Gasteiger partial charge in [-0.05, 0) is 35.4 Å². The minimum absolute atomic E-state index is 0.0478. The van der Waals surface area contributed by atoms with Crippen molar-refractivity contribution in [2.45, 2.75) is 6.92 Å². The lowest BCUT2D eigenvalue weighted by molar-refractivity contribution is -0.114. The number of anilines is 3. The van der Waals surface area contributed by atoms with Crippen molar-refractivity contribution in [3.63, 3.8) is 0 Å². The maximum Gasteiger partial charge on any atom is 0.221 e. The van der Waals surface area contributed by atoms with Gasteiger partial charge in [0.2, 0.25) is 5.91 Å². The van der Waals surface area contributed by atoms with Crippen LogP contribution < -0.4 is 16.8 Å². The number of benzene rings is 2. The van der Waals surface area contributed by atoms with Crippen LogP contribution in [0.2, 0.25) is 0 Å². The van der Waals surface area contributed by atoms with Crippen LogP contribution in [-0.2, 0) is 4.79 Å². The molecule has 19 heavy (non-hydrogen) atoms. The van der Waals surface area contributed by atoms with Gasteiger partial charge in [0.15, 0.2) is 0 Å². The van der Waals surface area contributed by atoms with E-state index >= 15 is 0 Å². The first-order valence-electron chi connectivity index (χ1n) is 5.73. The molecule has 5 heteroatoms. The maximum absolute atomic E-state index is 11.0. The predicted molar refractivity (Wildman–Crippen MR) is 76.7 cm³/mol. The molecule has 2 aromatic carbocycles. The third kappa shape index (κ3) is 2.77. The summed E-state index contributed by atoms with van der Waals surface area (Å²) < 4.78 is 0. The quantitative estimate of drug-likeness (QED) is 0.489. The number of nitrogen functional groups attached to an aromatic ring is 2. The van der Waals surface area contributed by atoms with Gasteiger partial charge in [-0.15, -0.1) is 0 Å². The van der Waals surface area contributed by atoms with Gasteiger partial charge in [-0.25, -0.2) is 0 Å². The summed E-state index contributed by atoms with van der Waals surface area (Å²) >= 11 is 0. The highest BCUT2D eigenvalue weighted by atomic mass is 16.3. The van der Waals surface area contributed by atoms with Crippen molar-refractivity contribution in [2.75, 3.05) is 16.8 Å². The molecule has 0 atom stereocenters. The van der Waals surface area contributed by atoms with Crippen molar-refractivity contribution in [2.24, 2.45) is 0 Å². The molecule has 6 N–H and O–H groups in total.